The van der Waals surface area contributed by atoms with E-state index in [1.165, 1.54) is 22.3 Å². The fourth-order valence-corrected chi connectivity index (χ4v) is 4.10. The molecule has 1 N–H and O–H groups in total. The fraction of sp³-hybridized carbons (Fsp3) is 0.192. The highest BCUT2D eigenvalue weighted by atomic mass is 16.4. The number of benzene rings is 3. The normalized spacial score (nSPS) is 19.8. The molecule has 3 atom stereocenters. The van der Waals surface area contributed by atoms with Crippen molar-refractivity contribution in [1.82, 2.24) is 0 Å². The monoisotopic (exact) mass is 368 g/mol. The highest BCUT2D eigenvalue weighted by Gasteiger charge is 2.44. The van der Waals surface area contributed by atoms with Crippen molar-refractivity contribution in [3.8, 4) is 0 Å². The zero-order valence-corrected chi connectivity index (χ0v) is 16.0. The minimum atomic E-state index is -0.684. The van der Waals surface area contributed by atoms with Crippen LogP contribution in [-0.4, -0.2) is 11.1 Å². The van der Waals surface area contributed by atoms with Crippen molar-refractivity contribution in [1.29, 1.82) is 0 Å². The van der Waals surface area contributed by atoms with Crippen LogP contribution in [-0.2, 0) is 4.79 Å². The van der Waals surface area contributed by atoms with E-state index in [0.717, 1.165) is 12.0 Å². The molecule has 4 rings (SSSR count). The fourth-order valence-electron chi connectivity index (χ4n) is 4.10. The van der Waals surface area contributed by atoms with E-state index >= 15 is 0 Å². The number of allylic oxidation sites excluding steroid dienone is 2. The van der Waals surface area contributed by atoms with Gasteiger partial charge in [0.25, 0.3) is 0 Å². The molecule has 1 saturated carbocycles. The summed E-state index contributed by atoms with van der Waals surface area (Å²) in [5.74, 6) is -0.600. The molecule has 1 aliphatic rings. The van der Waals surface area contributed by atoms with E-state index in [4.69, 9.17) is 0 Å². The van der Waals surface area contributed by atoms with Gasteiger partial charge in [-0.15, -0.1) is 0 Å². The smallest absolute Gasteiger partial charge is 0.307 e. The van der Waals surface area contributed by atoms with Crippen LogP contribution in [0.4, 0.5) is 0 Å². The van der Waals surface area contributed by atoms with Crippen molar-refractivity contribution < 1.29 is 9.90 Å². The van der Waals surface area contributed by atoms with Crippen LogP contribution in [0.5, 0.6) is 0 Å². The van der Waals surface area contributed by atoms with E-state index in [1.807, 2.05) is 12.1 Å². The maximum atomic E-state index is 11.2. The Hall–Kier alpha value is -3.13. The van der Waals surface area contributed by atoms with Crippen molar-refractivity contribution in [2.24, 2.45) is 5.92 Å². The minimum Gasteiger partial charge on any atom is -0.481 e. The number of carbonyl (C=O) groups is 1. The van der Waals surface area contributed by atoms with Gasteiger partial charge in [0.05, 0.1) is 5.92 Å². The van der Waals surface area contributed by atoms with E-state index in [2.05, 4.69) is 85.8 Å². The maximum Gasteiger partial charge on any atom is 0.307 e. The van der Waals surface area contributed by atoms with Gasteiger partial charge in [0.1, 0.15) is 0 Å². The number of aliphatic carboxylic acids is 1. The Morgan fingerprint density at radius 2 is 1.46 bits per heavy atom. The molecule has 1 aliphatic carbocycles. The quantitative estimate of drug-likeness (QED) is 0.570. The molecule has 3 unspecified atom stereocenters. The summed E-state index contributed by atoms with van der Waals surface area (Å²) in [6.45, 7) is 2.09. The highest BCUT2D eigenvalue weighted by molar-refractivity contribution is 5.76. The van der Waals surface area contributed by atoms with Crippen molar-refractivity contribution in [3.63, 3.8) is 0 Å². The first-order chi connectivity index (χ1) is 13.7. The van der Waals surface area contributed by atoms with Gasteiger partial charge in [0.2, 0.25) is 0 Å². The van der Waals surface area contributed by atoms with Gasteiger partial charge >= 0.3 is 5.97 Å². The van der Waals surface area contributed by atoms with Gasteiger partial charge in [-0.25, -0.2) is 0 Å². The first-order valence-electron chi connectivity index (χ1n) is 9.78. The van der Waals surface area contributed by atoms with Gasteiger partial charge in [0.15, 0.2) is 0 Å². The second-order valence-electron chi connectivity index (χ2n) is 7.41. The Balaban J connectivity index is 1.71. The molecule has 2 heteroatoms. The Labute approximate surface area is 166 Å². The molecule has 2 nitrogen and oxygen atoms in total. The predicted octanol–water partition coefficient (Wildman–Crippen LogP) is 6.11. The summed E-state index contributed by atoms with van der Waals surface area (Å²) < 4.78 is 0. The van der Waals surface area contributed by atoms with Gasteiger partial charge in [-0.05, 0) is 47.1 Å². The van der Waals surface area contributed by atoms with Crippen LogP contribution in [0.1, 0.15) is 47.4 Å². The molecule has 0 aromatic heterocycles. The third-order valence-corrected chi connectivity index (χ3v) is 5.67. The molecule has 0 amide bonds. The Kier molecular flexibility index (Phi) is 5.12. The number of hydrogen-bond donors (Lipinski definition) is 1. The second kappa shape index (κ2) is 7.85. The molecular weight excluding hydrogens is 344 g/mol. The largest absolute Gasteiger partial charge is 0.481 e. The van der Waals surface area contributed by atoms with Gasteiger partial charge in [0, 0.05) is 5.92 Å². The summed E-state index contributed by atoms with van der Waals surface area (Å²) in [7, 11) is 0. The van der Waals surface area contributed by atoms with Crippen molar-refractivity contribution in [3.05, 3.63) is 113 Å². The molecule has 140 valence electrons. The zero-order chi connectivity index (χ0) is 19.5. The van der Waals surface area contributed by atoms with Crippen LogP contribution >= 0.6 is 0 Å². The lowest BCUT2D eigenvalue weighted by atomic mass is 9.81. The Bertz CT molecular complexity index is 972. The third kappa shape index (κ3) is 3.63. The lowest BCUT2D eigenvalue weighted by Crippen LogP contribution is -2.05. The molecule has 28 heavy (non-hydrogen) atoms. The zero-order valence-electron chi connectivity index (χ0n) is 16.0. The van der Waals surface area contributed by atoms with Crippen molar-refractivity contribution in [2.75, 3.05) is 0 Å². The van der Waals surface area contributed by atoms with Gasteiger partial charge in [-0.2, -0.15) is 0 Å². The molecule has 0 aliphatic heterocycles. The average Bonchev–Trinajstić information content (AvgIpc) is 3.55. The molecule has 0 bridgehead atoms. The minimum absolute atomic E-state index is 0.136. The number of rotatable bonds is 6. The average molecular weight is 368 g/mol. The van der Waals surface area contributed by atoms with Gasteiger partial charge in [-0.3, -0.25) is 4.79 Å². The van der Waals surface area contributed by atoms with Crippen molar-refractivity contribution in [2.45, 2.75) is 25.2 Å². The van der Waals surface area contributed by atoms with E-state index in [0.29, 0.717) is 0 Å². The second-order valence-corrected chi connectivity index (χ2v) is 7.41. The van der Waals surface area contributed by atoms with Gasteiger partial charge < -0.3 is 5.11 Å². The summed E-state index contributed by atoms with van der Waals surface area (Å²) in [6.07, 6.45) is 2.95. The maximum absolute atomic E-state index is 11.2. The predicted molar refractivity (Wildman–Crippen MR) is 113 cm³/mol. The van der Waals surface area contributed by atoms with Crippen LogP contribution in [0.3, 0.4) is 0 Å². The number of hydrogen-bond acceptors (Lipinski definition) is 1. The van der Waals surface area contributed by atoms with E-state index in [9.17, 15) is 9.90 Å². The Morgan fingerprint density at radius 3 is 2.00 bits per heavy atom. The van der Waals surface area contributed by atoms with Gasteiger partial charge in [-0.1, -0.05) is 91.0 Å². The van der Waals surface area contributed by atoms with Crippen LogP contribution in [0.2, 0.25) is 0 Å². The lowest BCUT2D eigenvalue weighted by Gasteiger charge is -2.22. The molecular formula is C26H24O2. The van der Waals surface area contributed by atoms with Crippen LogP contribution < -0.4 is 0 Å². The third-order valence-electron chi connectivity index (χ3n) is 5.67. The highest BCUT2D eigenvalue weighted by Crippen LogP contribution is 2.48. The summed E-state index contributed by atoms with van der Waals surface area (Å²) in [4.78, 5) is 11.2. The number of carboxylic acids is 1. The Morgan fingerprint density at radius 1 is 0.893 bits per heavy atom. The van der Waals surface area contributed by atoms with E-state index < -0.39 is 5.97 Å². The van der Waals surface area contributed by atoms with Crippen molar-refractivity contribution >= 4 is 11.5 Å². The van der Waals surface area contributed by atoms with Crippen LogP contribution in [0.15, 0.2) is 91.0 Å². The van der Waals surface area contributed by atoms with Crippen LogP contribution in [0.25, 0.3) is 5.57 Å². The first kappa shape index (κ1) is 18.2. The molecule has 3 aromatic rings. The molecule has 1 fully saturated rings. The molecule has 0 spiro atoms. The summed E-state index contributed by atoms with van der Waals surface area (Å²) in [6, 6.07) is 29.6. The van der Waals surface area contributed by atoms with E-state index in [-0.39, 0.29) is 17.8 Å². The number of carboxylic acid groups (broad SMARTS) is 1. The lowest BCUT2D eigenvalue weighted by molar-refractivity contribution is -0.138. The molecule has 0 saturated heterocycles. The SMILES string of the molecule is CC=C(c1ccccc1)C(c1ccccc1)c1ccc(C2CC2C(=O)O)cc1. The molecule has 0 heterocycles. The van der Waals surface area contributed by atoms with Crippen LogP contribution in [0, 0.1) is 5.92 Å². The molecule has 0 radical (unpaired) electrons. The summed E-state index contributed by atoms with van der Waals surface area (Å²) in [5.41, 5.74) is 6.09. The topological polar surface area (TPSA) is 37.3 Å². The summed E-state index contributed by atoms with van der Waals surface area (Å²) in [5, 5.41) is 9.20. The van der Waals surface area contributed by atoms with E-state index in [1.54, 1.807) is 0 Å². The standard InChI is InChI=1S/C26H24O2/c1-2-22(18-9-5-3-6-10-18)25(20-11-7-4-8-12-20)21-15-13-19(14-16-21)23-17-24(23)26(27)28/h2-16,23-25H,17H2,1H3,(H,27,28). The summed E-state index contributed by atoms with van der Waals surface area (Å²) >= 11 is 0. The first-order valence-corrected chi connectivity index (χ1v) is 9.78. The molecule has 3 aromatic carbocycles.